The van der Waals surface area contributed by atoms with Gasteiger partial charge in [-0.05, 0) is 17.9 Å². The summed E-state index contributed by atoms with van der Waals surface area (Å²) in [6.45, 7) is 0.667. The molecule has 1 unspecified atom stereocenters. The predicted molar refractivity (Wildman–Crippen MR) is 67.1 cm³/mol. The Morgan fingerprint density at radius 3 is 2.94 bits per heavy atom. The van der Waals surface area contributed by atoms with E-state index in [-0.39, 0.29) is 11.2 Å². The van der Waals surface area contributed by atoms with E-state index in [2.05, 4.69) is 6.07 Å². The van der Waals surface area contributed by atoms with Crippen LogP contribution >= 0.6 is 23.1 Å². The van der Waals surface area contributed by atoms with E-state index >= 15 is 0 Å². The van der Waals surface area contributed by atoms with Gasteiger partial charge in [0.25, 0.3) is 0 Å². The minimum atomic E-state index is -0.162. The van der Waals surface area contributed by atoms with Crippen molar-refractivity contribution in [3.05, 3.63) is 17.5 Å². The molecule has 0 aliphatic heterocycles. The van der Waals surface area contributed by atoms with Gasteiger partial charge in [0.1, 0.15) is 0 Å². The summed E-state index contributed by atoms with van der Waals surface area (Å²) >= 11 is 3.41. The van der Waals surface area contributed by atoms with Crippen molar-refractivity contribution in [1.29, 1.82) is 0 Å². The Kier molecular flexibility index (Phi) is 6.52. The average molecular weight is 260 g/mol. The van der Waals surface area contributed by atoms with Crippen molar-refractivity contribution >= 4 is 29.1 Å². The van der Waals surface area contributed by atoms with Gasteiger partial charge in [-0.1, -0.05) is 6.07 Å². The van der Waals surface area contributed by atoms with Crippen LogP contribution in [0.5, 0.6) is 0 Å². The molecule has 0 aliphatic rings. The lowest BCUT2D eigenvalue weighted by atomic mass is 10.2. The maximum atomic E-state index is 11.2. The van der Waals surface area contributed by atoms with Crippen LogP contribution < -0.4 is 0 Å². The Bertz CT molecular complexity index is 298. The topological polar surface area (TPSA) is 35.5 Å². The van der Waals surface area contributed by atoms with E-state index in [1.165, 1.54) is 11.3 Å². The Morgan fingerprint density at radius 2 is 2.38 bits per heavy atom. The smallest absolute Gasteiger partial charge is 0.306 e. The van der Waals surface area contributed by atoms with Gasteiger partial charge in [0, 0.05) is 19.0 Å². The van der Waals surface area contributed by atoms with Gasteiger partial charge >= 0.3 is 5.97 Å². The molecular weight excluding hydrogens is 244 g/mol. The number of rotatable bonds is 7. The number of hydrogen-bond acceptors (Lipinski definition) is 5. The zero-order chi connectivity index (χ0) is 11.8. The van der Waals surface area contributed by atoms with Crippen LogP contribution in [-0.4, -0.2) is 32.0 Å². The number of methoxy groups -OCH3 is 2. The van der Waals surface area contributed by atoms with Crippen LogP contribution in [0.2, 0.25) is 0 Å². The van der Waals surface area contributed by atoms with E-state index in [0.29, 0.717) is 13.0 Å². The summed E-state index contributed by atoms with van der Waals surface area (Å²) in [6.07, 6.45) is 1.29. The molecule has 0 aliphatic carbocycles. The zero-order valence-electron chi connectivity index (χ0n) is 9.47. The molecule has 90 valence electrons. The first-order valence-corrected chi connectivity index (χ1v) is 6.78. The fourth-order valence-corrected chi connectivity index (χ4v) is 3.38. The lowest BCUT2D eigenvalue weighted by Crippen LogP contribution is -2.13. The average Bonchev–Trinajstić information content (AvgIpc) is 2.78. The van der Waals surface area contributed by atoms with Gasteiger partial charge < -0.3 is 9.47 Å². The van der Waals surface area contributed by atoms with Crippen LogP contribution in [0.4, 0.5) is 0 Å². The Labute approximate surface area is 104 Å². The molecule has 3 nitrogen and oxygen atoms in total. The van der Waals surface area contributed by atoms with Crippen LogP contribution in [0.15, 0.2) is 21.7 Å². The van der Waals surface area contributed by atoms with E-state index in [0.717, 1.165) is 6.42 Å². The molecule has 0 N–H and O–H groups in total. The van der Waals surface area contributed by atoms with E-state index in [1.54, 1.807) is 30.2 Å². The Balaban J connectivity index is 2.46. The van der Waals surface area contributed by atoms with Crippen LogP contribution in [0.25, 0.3) is 0 Å². The number of ether oxygens (including phenoxy) is 2. The zero-order valence-corrected chi connectivity index (χ0v) is 11.1. The molecule has 1 aromatic heterocycles. The van der Waals surface area contributed by atoms with E-state index in [9.17, 15) is 4.79 Å². The van der Waals surface area contributed by atoms with Crippen LogP contribution in [0.3, 0.4) is 0 Å². The standard InChI is InChI=1S/C11H16O3S2/c1-13-6-5-9(8-10(12)14-2)16-11-4-3-7-15-11/h3-4,7,9H,5-6,8H2,1-2H3. The van der Waals surface area contributed by atoms with Gasteiger partial charge in [-0.3, -0.25) is 4.79 Å². The Hall–Kier alpha value is -0.520. The molecule has 0 saturated carbocycles. The fourth-order valence-electron chi connectivity index (χ4n) is 1.22. The molecule has 0 bridgehead atoms. The van der Waals surface area contributed by atoms with Crippen molar-refractivity contribution in [2.75, 3.05) is 20.8 Å². The predicted octanol–water partition coefficient (Wildman–Crippen LogP) is 2.81. The number of carbonyl (C=O) groups is 1. The first-order chi connectivity index (χ1) is 7.76. The molecule has 1 rings (SSSR count). The molecular formula is C11H16O3S2. The quantitative estimate of drug-likeness (QED) is 0.558. The summed E-state index contributed by atoms with van der Waals surface area (Å²) in [4.78, 5) is 11.2. The summed E-state index contributed by atoms with van der Waals surface area (Å²) in [6, 6.07) is 4.07. The van der Waals surface area contributed by atoms with Crippen LogP contribution in [0, 0.1) is 0 Å². The lowest BCUT2D eigenvalue weighted by molar-refractivity contribution is -0.140. The molecule has 0 radical (unpaired) electrons. The number of esters is 1. The van der Waals surface area contributed by atoms with Crippen LogP contribution in [0.1, 0.15) is 12.8 Å². The van der Waals surface area contributed by atoms with Gasteiger partial charge in [-0.15, -0.1) is 23.1 Å². The second kappa shape index (κ2) is 7.70. The SMILES string of the molecule is COCCC(CC(=O)OC)Sc1cccs1. The first-order valence-electron chi connectivity index (χ1n) is 5.02. The van der Waals surface area contributed by atoms with Gasteiger partial charge in [0.05, 0.1) is 17.7 Å². The minimum Gasteiger partial charge on any atom is -0.469 e. The highest BCUT2D eigenvalue weighted by molar-refractivity contribution is 8.01. The minimum absolute atomic E-state index is 0.162. The molecule has 1 atom stereocenters. The number of hydrogen-bond donors (Lipinski definition) is 0. The largest absolute Gasteiger partial charge is 0.469 e. The molecule has 0 amide bonds. The normalized spacial score (nSPS) is 12.4. The maximum Gasteiger partial charge on any atom is 0.306 e. The van der Waals surface area contributed by atoms with Crippen molar-refractivity contribution in [2.45, 2.75) is 22.3 Å². The van der Waals surface area contributed by atoms with Crippen molar-refractivity contribution in [3.63, 3.8) is 0 Å². The lowest BCUT2D eigenvalue weighted by Gasteiger charge is -2.13. The summed E-state index contributed by atoms with van der Waals surface area (Å²) in [7, 11) is 3.09. The third-order valence-corrected chi connectivity index (χ3v) is 4.39. The Morgan fingerprint density at radius 1 is 1.56 bits per heavy atom. The highest BCUT2D eigenvalue weighted by Gasteiger charge is 2.16. The molecule has 5 heteroatoms. The highest BCUT2D eigenvalue weighted by Crippen LogP contribution is 2.31. The summed E-state index contributed by atoms with van der Waals surface area (Å²) in [5.74, 6) is -0.162. The van der Waals surface area contributed by atoms with Gasteiger partial charge in [0.15, 0.2) is 0 Å². The monoisotopic (exact) mass is 260 g/mol. The molecule has 0 fully saturated rings. The van der Waals surface area contributed by atoms with Crippen molar-refractivity contribution < 1.29 is 14.3 Å². The number of thiophene rings is 1. The van der Waals surface area contributed by atoms with Crippen molar-refractivity contribution in [1.82, 2.24) is 0 Å². The van der Waals surface area contributed by atoms with E-state index < -0.39 is 0 Å². The second-order valence-electron chi connectivity index (χ2n) is 3.23. The second-order valence-corrected chi connectivity index (χ2v) is 5.78. The van der Waals surface area contributed by atoms with Crippen LogP contribution in [-0.2, 0) is 14.3 Å². The van der Waals surface area contributed by atoms with E-state index in [1.807, 2.05) is 11.4 Å². The van der Waals surface area contributed by atoms with Gasteiger partial charge in [-0.25, -0.2) is 0 Å². The maximum absolute atomic E-state index is 11.2. The fraction of sp³-hybridized carbons (Fsp3) is 0.545. The third kappa shape index (κ3) is 5.01. The molecule has 16 heavy (non-hydrogen) atoms. The molecule has 0 saturated heterocycles. The first kappa shape index (κ1) is 13.5. The summed E-state index contributed by atoms with van der Waals surface area (Å²) < 4.78 is 11.0. The molecule has 1 heterocycles. The van der Waals surface area contributed by atoms with Gasteiger partial charge in [-0.2, -0.15) is 0 Å². The molecule has 0 spiro atoms. The highest BCUT2D eigenvalue weighted by atomic mass is 32.2. The van der Waals surface area contributed by atoms with E-state index in [4.69, 9.17) is 9.47 Å². The van der Waals surface area contributed by atoms with Crippen molar-refractivity contribution in [3.8, 4) is 0 Å². The summed E-state index contributed by atoms with van der Waals surface area (Å²) in [5.41, 5.74) is 0. The third-order valence-electron chi connectivity index (χ3n) is 2.04. The summed E-state index contributed by atoms with van der Waals surface area (Å²) in [5, 5.41) is 2.26. The molecule has 1 aromatic rings. The number of carbonyl (C=O) groups excluding carboxylic acids is 1. The van der Waals surface area contributed by atoms with Gasteiger partial charge in [0.2, 0.25) is 0 Å². The number of thioether (sulfide) groups is 1. The van der Waals surface area contributed by atoms with Crippen molar-refractivity contribution in [2.24, 2.45) is 0 Å². The molecule has 0 aromatic carbocycles.